The first kappa shape index (κ1) is 13.4. The van der Waals surface area contributed by atoms with E-state index >= 15 is 0 Å². The van der Waals surface area contributed by atoms with Crippen LogP contribution in [0.3, 0.4) is 0 Å². The van der Waals surface area contributed by atoms with Gasteiger partial charge in [0.15, 0.2) is 0 Å². The summed E-state index contributed by atoms with van der Waals surface area (Å²) in [6.45, 7) is 3.05. The molecule has 1 aliphatic heterocycles. The van der Waals surface area contributed by atoms with Crippen molar-refractivity contribution in [3.63, 3.8) is 0 Å². The van der Waals surface area contributed by atoms with Gasteiger partial charge in [-0.25, -0.2) is 0 Å². The number of para-hydroxylation sites is 1. The molecular formula is C14H20N2OS. The minimum atomic E-state index is 0.185. The van der Waals surface area contributed by atoms with E-state index < -0.39 is 0 Å². The second-order valence-electron chi connectivity index (χ2n) is 4.67. The van der Waals surface area contributed by atoms with E-state index in [1.54, 1.807) is 4.90 Å². The molecule has 0 aromatic heterocycles. The Hall–Kier alpha value is -1.000. The summed E-state index contributed by atoms with van der Waals surface area (Å²) < 4.78 is 0. The van der Waals surface area contributed by atoms with Crippen molar-refractivity contribution < 1.29 is 4.79 Å². The van der Waals surface area contributed by atoms with Gasteiger partial charge in [0.2, 0.25) is 5.91 Å². The zero-order valence-electron chi connectivity index (χ0n) is 11.0. The number of thioether (sulfide) groups is 1. The Bertz CT molecular complexity index is 416. The first-order chi connectivity index (χ1) is 8.68. The van der Waals surface area contributed by atoms with Gasteiger partial charge in [0, 0.05) is 43.2 Å². The van der Waals surface area contributed by atoms with Gasteiger partial charge in [-0.1, -0.05) is 18.2 Å². The van der Waals surface area contributed by atoms with Crippen molar-refractivity contribution in [3.8, 4) is 0 Å². The van der Waals surface area contributed by atoms with Gasteiger partial charge in [0.1, 0.15) is 0 Å². The Morgan fingerprint density at radius 3 is 2.94 bits per heavy atom. The van der Waals surface area contributed by atoms with Crippen molar-refractivity contribution in [1.29, 1.82) is 0 Å². The first-order valence-electron chi connectivity index (χ1n) is 6.32. The number of rotatable bonds is 3. The van der Waals surface area contributed by atoms with E-state index in [-0.39, 0.29) is 5.91 Å². The Morgan fingerprint density at radius 2 is 2.28 bits per heavy atom. The maximum Gasteiger partial charge on any atom is 0.228 e. The molecule has 1 aromatic rings. The highest BCUT2D eigenvalue weighted by Crippen LogP contribution is 2.19. The van der Waals surface area contributed by atoms with Gasteiger partial charge < -0.3 is 10.2 Å². The molecule has 1 aliphatic rings. The summed E-state index contributed by atoms with van der Waals surface area (Å²) in [4.78, 5) is 14.0. The third-order valence-electron chi connectivity index (χ3n) is 3.27. The minimum Gasteiger partial charge on any atom is -0.315 e. The lowest BCUT2D eigenvalue weighted by molar-refractivity contribution is -0.118. The fraction of sp³-hybridized carbons (Fsp3) is 0.500. The minimum absolute atomic E-state index is 0.185. The van der Waals surface area contributed by atoms with Crippen LogP contribution >= 0.6 is 11.8 Å². The van der Waals surface area contributed by atoms with Crippen LogP contribution in [0, 0.1) is 6.92 Å². The summed E-state index contributed by atoms with van der Waals surface area (Å²) >= 11 is 1.92. The molecule has 1 saturated heterocycles. The highest BCUT2D eigenvalue weighted by atomic mass is 32.2. The number of hydrogen-bond acceptors (Lipinski definition) is 3. The fourth-order valence-electron chi connectivity index (χ4n) is 2.17. The summed E-state index contributed by atoms with van der Waals surface area (Å²) in [6, 6.07) is 8.32. The summed E-state index contributed by atoms with van der Waals surface area (Å²) in [5, 5.41) is 3.40. The topological polar surface area (TPSA) is 32.3 Å². The zero-order valence-corrected chi connectivity index (χ0v) is 11.8. The SMILES string of the molecule is Cc1ccccc1N(C)C(=O)CC1CSCCN1. The number of amides is 1. The highest BCUT2D eigenvalue weighted by Gasteiger charge is 2.20. The van der Waals surface area contributed by atoms with E-state index in [4.69, 9.17) is 0 Å². The number of aryl methyl sites for hydroxylation is 1. The largest absolute Gasteiger partial charge is 0.315 e. The molecule has 1 heterocycles. The van der Waals surface area contributed by atoms with E-state index in [9.17, 15) is 4.79 Å². The lowest BCUT2D eigenvalue weighted by Crippen LogP contribution is -2.41. The van der Waals surface area contributed by atoms with Crippen molar-refractivity contribution in [1.82, 2.24) is 5.32 Å². The van der Waals surface area contributed by atoms with Crippen LogP contribution in [0.15, 0.2) is 24.3 Å². The van der Waals surface area contributed by atoms with Gasteiger partial charge in [-0.2, -0.15) is 11.8 Å². The number of hydrogen-bond donors (Lipinski definition) is 1. The summed E-state index contributed by atoms with van der Waals surface area (Å²) in [7, 11) is 1.86. The van der Waals surface area contributed by atoms with E-state index in [0.717, 1.165) is 29.3 Å². The predicted octanol–water partition coefficient (Wildman–Crippen LogP) is 2.05. The smallest absolute Gasteiger partial charge is 0.228 e. The van der Waals surface area contributed by atoms with Crippen molar-refractivity contribution in [3.05, 3.63) is 29.8 Å². The maximum atomic E-state index is 12.2. The van der Waals surface area contributed by atoms with Crippen molar-refractivity contribution in [2.24, 2.45) is 0 Å². The van der Waals surface area contributed by atoms with Crippen LogP contribution in [0.25, 0.3) is 0 Å². The summed E-state index contributed by atoms with van der Waals surface area (Å²) in [5.74, 6) is 2.37. The molecule has 4 heteroatoms. The number of carbonyl (C=O) groups is 1. The predicted molar refractivity (Wildman–Crippen MR) is 78.3 cm³/mol. The van der Waals surface area contributed by atoms with Gasteiger partial charge in [-0.05, 0) is 18.6 Å². The maximum absolute atomic E-state index is 12.2. The molecular weight excluding hydrogens is 244 g/mol. The number of carbonyl (C=O) groups excluding carboxylic acids is 1. The van der Waals surface area contributed by atoms with Gasteiger partial charge >= 0.3 is 0 Å². The Balaban J connectivity index is 1.98. The van der Waals surface area contributed by atoms with E-state index in [0.29, 0.717) is 12.5 Å². The average Bonchev–Trinajstić information content (AvgIpc) is 2.39. The number of nitrogens with one attached hydrogen (secondary N) is 1. The standard InChI is InChI=1S/C14H20N2OS/c1-11-5-3-4-6-13(11)16(2)14(17)9-12-10-18-8-7-15-12/h3-6,12,15H,7-10H2,1-2H3. The summed E-state index contributed by atoms with van der Waals surface area (Å²) in [5.41, 5.74) is 2.14. The molecule has 1 fully saturated rings. The van der Waals surface area contributed by atoms with Crippen molar-refractivity contribution in [2.75, 3.05) is 30.0 Å². The molecule has 0 saturated carbocycles. The molecule has 1 unspecified atom stereocenters. The first-order valence-corrected chi connectivity index (χ1v) is 7.47. The van der Waals surface area contributed by atoms with E-state index in [1.165, 1.54) is 0 Å². The fourth-order valence-corrected chi connectivity index (χ4v) is 3.12. The van der Waals surface area contributed by atoms with Crippen LogP contribution in [0.2, 0.25) is 0 Å². The Kier molecular flexibility index (Phi) is 4.66. The van der Waals surface area contributed by atoms with Gasteiger partial charge in [0.25, 0.3) is 0 Å². The third kappa shape index (κ3) is 3.27. The van der Waals surface area contributed by atoms with E-state index in [1.807, 2.05) is 50.0 Å². The molecule has 1 atom stereocenters. The highest BCUT2D eigenvalue weighted by molar-refractivity contribution is 7.99. The molecule has 3 nitrogen and oxygen atoms in total. The lowest BCUT2D eigenvalue weighted by Gasteiger charge is -2.26. The molecule has 98 valence electrons. The summed E-state index contributed by atoms with van der Waals surface area (Å²) in [6.07, 6.45) is 0.581. The molecule has 1 amide bonds. The molecule has 0 bridgehead atoms. The van der Waals surface area contributed by atoms with Crippen LogP contribution in [0.5, 0.6) is 0 Å². The van der Waals surface area contributed by atoms with Crippen LogP contribution in [0.4, 0.5) is 5.69 Å². The monoisotopic (exact) mass is 264 g/mol. The van der Waals surface area contributed by atoms with Crippen LogP contribution in [-0.2, 0) is 4.79 Å². The van der Waals surface area contributed by atoms with Crippen LogP contribution in [-0.4, -0.2) is 37.0 Å². The number of nitrogens with zero attached hydrogens (tertiary/aromatic N) is 1. The van der Waals surface area contributed by atoms with Crippen LogP contribution in [0.1, 0.15) is 12.0 Å². The molecule has 1 N–H and O–H groups in total. The average molecular weight is 264 g/mol. The molecule has 0 radical (unpaired) electrons. The second kappa shape index (κ2) is 6.25. The lowest BCUT2D eigenvalue weighted by atomic mass is 10.1. The van der Waals surface area contributed by atoms with Crippen molar-refractivity contribution >= 4 is 23.4 Å². The van der Waals surface area contributed by atoms with E-state index in [2.05, 4.69) is 5.32 Å². The van der Waals surface area contributed by atoms with Gasteiger partial charge in [-0.15, -0.1) is 0 Å². The molecule has 2 rings (SSSR count). The Labute approximate surface area is 113 Å². The zero-order chi connectivity index (χ0) is 13.0. The second-order valence-corrected chi connectivity index (χ2v) is 5.82. The third-order valence-corrected chi connectivity index (χ3v) is 4.40. The Morgan fingerprint density at radius 1 is 1.50 bits per heavy atom. The normalized spacial score (nSPS) is 19.6. The van der Waals surface area contributed by atoms with Crippen molar-refractivity contribution in [2.45, 2.75) is 19.4 Å². The number of benzene rings is 1. The molecule has 0 aliphatic carbocycles. The number of anilines is 1. The van der Waals surface area contributed by atoms with Gasteiger partial charge in [0.05, 0.1) is 0 Å². The van der Waals surface area contributed by atoms with Gasteiger partial charge in [-0.3, -0.25) is 4.79 Å². The quantitative estimate of drug-likeness (QED) is 0.907. The molecule has 0 spiro atoms. The van der Waals surface area contributed by atoms with Crippen LogP contribution < -0.4 is 10.2 Å². The molecule has 1 aromatic carbocycles. The molecule has 18 heavy (non-hydrogen) atoms.